The molecule has 0 unspecified atom stereocenters. The van der Waals surface area contributed by atoms with Crippen molar-refractivity contribution in [1.29, 1.82) is 0 Å². The standard InChI is InChI=1S/C7H8BrFO2/c8-4-2-5-7(9)3(4)1-6(10)11-5/h3-5,7H,1-2H2/t3-,4-,5+,7+/m0/s1. The van der Waals surface area contributed by atoms with E-state index in [1.807, 2.05) is 0 Å². The molecule has 0 spiro atoms. The molecule has 2 bridgehead atoms. The molecule has 2 aliphatic rings. The Morgan fingerprint density at radius 1 is 1.64 bits per heavy atom. The van der Waals surface area contributed by atoms with Crippen LogP contribution in [0.25, 0.3) is 0 Å². The van der Waals surface area contributed by atoms with Gasteiger partial charge in [0.05, 0.1) is 6.42 Å². The fourth-order valence-corrected chi connectivity index (χ4v) is 2.61. The summed E-state index contributed by atoms with van der Waals surface area (Å²) in [7, 11) is 0. The largest absolute Gasteiger partial charge is 0.459 e. The highest BCUT2D eigenvalue weighted by molar-refractivity contribution is 9.09. The lowest BCUT2D eigenvalue weighted by Crippen LogP contribution is -2.34. The first-order valence-electron chi connectivity index (χ1n) is 3.66. The van der Waals surface area contributed by atoms with E-state index in [4.69, 9.17) is 4.74 Å². The number of carbonyl (C=O) groups excluding carboxylic acids is 1. The molecule has 4 atom stereocenters. The molecule has 2 nitrogen and oxygen atoms in total. The molecular formula is C7H8BrFO2. The van der Waals surface area contributed by atoms with E-state index < -0.39 is 12.3 Å². The van der Waals surface area contributed by atoms with Crippen LogP contribution in [0.2, 0.25) is 0 Å². The zero-order chi connectivity index (χ0) is 8.01. The van der Waals surface area contributed by atoms with Crippen LogP contribution in [0.15, 0.2) is 0 Å². The maximum Gasteiger partial charge on any atom is 0.306 e. The van der Waals surface area contributed by atoms with Gasteiger partial charge in [-0.25, -0.2) is 4.39 Å². The minimum Gasteiger partial charge on any atom is -0.459 e. The summed E-state index contributed by atoms with van der Waals surface area (Å²) in [4.78, 5) is 10.9. The Morgan fingerprint density at radius 3 is 3.00 bits per heavy atom. The van der Waals surface area contributed by atoms with Gasteiger partial charge < -0.3 is 4.74 Å². The summed E-state index contributed by atoms with van der Waals surface area (Å²) in [6.07, 6.45) is -0.576. The monoisotopic (exact) mass is 222 g/mol. The molecule has 1 saturated carbocycles. The topological polar surface area (TPSA) is 26.3 Å². The lowest BCUT2D eigenvalue weighted by atomic mass is 10.0. The van der Waals surface area contributed by atoms with Crippen LogP contribution in [0.1, 0.15) is 12.8 Å². The van der Waals surface area contributed by atoms with Crippen molar-refractivity contribution in [3.05, 3.63) is 0 Å². The molecule has 4 heteroatoms. The highest BCUT2D eigenvalue weighted by Gasteiger charge is 2.49. The maximum absolute atomic E-state index is 13.1. The molecule has 0 N–H and O–H groups in total. The minimum atomic E-state index is -0.947. The van der Waals surface area contributed by atoms with Crippen LogP contribution in [0.5, 0.6) is 0 Å². The number of alkyl halides is 2. The number of esters is 1. The number of hydrogen-bond donors (Lipinski definition) is 0. The van der Waals surface area contributed by atoms with Crippen molar-refractivity contribution in [3.8, 4) is 0 Å². The molecule has 2 fully saturated rings. The van der Waals surface area contributed by atoms with Gasteiger partial charge in [0, 0.05) is 17.2 Å². The van der Waals surface area contributed by atoms with E-state index >= 15 is 0 Å². The fraction of sp³-hybridized carbons (Fsp3) is 0.857. The first kappa shape index (κ1) is 7.53. The van der Waals surface area contributed by atoms with E-state index in [2.05, 4.69) is 15.9 Å². The van der Waals surface area contributed by atoms with Gasteiger partial charge in [-0.3, -0.25) is 4.79 Å². The van der Waals surface area contributed by atoms with Crippen LogP contribution in [-0.4, -0.2) is 23.1 Å². The number of ether oxygens (including phenoxy) is 1. The Balaban J connectivity index is 2.20. The predicted octanol–water partition coefficient (Wildman–Crippen LogP) is 1.42. The lowest BCUT2D eigenvalue weighted by Gasteiger charge is -2.23. The molecule has 0 aromatic heterocycles. The van der Waals surface area contributed by atoms with E-state index in [0.29, 0.717) is 6.42 Å². The quantitative estimate of drug-likeness (QED) is 0.458. The predicted molar refractivity (Wildman–Crippen MR) is 40.2 cm³/mol. The van der Waals surface area contributed by atoms with Gasteiger partial charge in [-0.15, -0.1) is 0 Å². The maximum atomic E-state index is 13.1. The third-order valence-corrected chi connectivity index (χ3v) is 3.42. The molecule has 0 radical (unpaired) electrons. The third kappa shape index (κ3) is 1.08. The van der Waals surface area contributed by atoms with E-state index in [0.717, 1.165) is 0 Å². The summed E-state index contributed by atoms with van der Waals surface area (Å²) >= 11 is 3.34. The summed E-state index contributed by atoms with van der Waals surface area (Å²) in [5.74, 6) is -0.405. The molecule has 1 saturated heterocycles. The smallest absolute Gasteiger partial charge is 0.306 e. The second-order valence-electron chi connectivity index (χ2n) is 3.09. The fourth-order valence-electron chi connectivity index (χ4n) is 1.76. The molecular weight excluding hydrogens is 215 g/mol. The summed E-state index contributed by atoms with van der Waals surface area (Å²) < 4.78 is 18.0. The number of rotatable bonds is 0. The van der Waals surface area contributed by atoms with Gasteiger partial charge in [-0.05, 0) is 0 Å². The summed E-state index contributed by atoms with van der Waals surface area (Å²) in [5, 5.41) is 0. The summed E-state index contributed by atoms with van der Waals surface area (Å²) in [6.45, 7) is 0. The van der Waals surface area contributed by atoms with Crippen molar-refractivity contribution in [1.82, 2.24) is 0 Å². The van der Waals surface area contributed by atoms with Gasteiger partial charge in [0.1, 0.15) is 12.3 Å². The molecule has 0 amide bonds. The van der Waals surface area contributed by atoms with Gasteiger partial charge in [0.2, 0.25) is 0 Å². The molecule has 1 aliphatic carbocycles. The van der Waals surface area contributed by atoms with Crippen LogP contribution in [-0.2, 0) is 9.53 Å². The Kier molecular flexibility index (Phi) is 1.67. The van der Waals surface area contributed by atoms with Gasteiger partial charge in [-0.1, -0.05) is 15.9 Å². The number of carbonyl (C=O) groups is 1. The number of halogens is 2. The molecule has 11 heavy (non-hydrogen) atoms. The Morgan fingerprint density at radius 2 is 2.36 bits per heavy atom. The second-order valence-corrected chi connectivity index (χ2v) is 4.27. The first-order chi connectivity index (χ1) is 5.18. The zero-order valence-corrected chi connectivity index (χ0v) is 7.38. The van der Waals surface area contributed by atoms with Crippen molar-refractivity contribution in [2.24, 2.45) is 5.92 Å². The van der Waals surface area contributed by atoms with E-state index in [9.17, 15) is 9.18 Å². The Hall–Kier alpha value is -0.120. The van der Waals surface area contributed by atoms with Crippen molar-refractivity contribution in [2.75, 3.05) is 0 Å². The zero-order valence-electron chi connectivity index (χ0n) is 5.80. The van der Waals surface area contributed by atoms with Crippen molar-refractivity contribution in [2.45, 2.75) is 29.9 Å². The van der Waals surface area contributed by atoms with Gasteiger partial charge in [0.25, 0.3) is 0 Å². The molecule has 2 rings (SSSR count). The average molecular weight is 223 g/mol. The Bertz CT molecular complexity index is 197. The number of hydrogen-bond acceptors (Lipinski definition) is 2. The second kappa shape index (κ2) is 2.44. The van der Waals surface area contributed by atoms with Crippen LogP contribution in [0, 0.1) is 5.92 Å². The van der Waals surface area contributed by atoms with Crippen molar-refractivity contribution >= 4 is 21.9 Å². The Labute approximate surface area is 72.2 Å². The molecule has 0 aromatic rings. The molecule has 62 valence electrons. The van der Waals surface area contributed by atoms with Gasteiger partial charge in [-0.2, -0.15) is 0 Å². The highest BCUT2D eigenvalue weighted by atomic mass is 79.9. The highest BCUT2D eigenvalue weighted by Crippen LogP contribution is 2.41. The van der Waals surface area contributed by atoms with Gasteiger partial charge in [0.15, 0.2) is 0 Å². The lowest BCUT2D eigenvalue weighted by molar-refractivity contribution is -0.158. The van der Waals surface area contributed by atoms with Crippen LogP contribution < -0.4 is 0 Å². The molecule has 0 aromatic carbocycles. The summed E-state index contributed by atoms with van der Waals surface area (Å²) in [5.41, 5.74) is 0. The van der Waals surface area contributed by atoms with Crippen LogP contribution in [0.4, 0.5) is 4.39 Å². The molecule has 1 heterocycles. The summed E-state index contributed by atoms with van der Waals surface area (Å²) in [6, 6.07) is 0. The van der Waals surface area contributed by atoms with Crippen molar-refractivity contribution in [3.63, 3.8) is 0 Å². The van der Waals surface area contributed by atoms with Crippen molar-refractivity contribution < 1.29 is 13.9 Å². The van der Waals surface area contributed by atoms with Crippen LogP contribution in [0.3, 0.4) is 0 Å². The number of fused-ring (bicyclic) bond motifs is 2. The first-order valence-corrected chi connectivity index (χ1v) is 4.57. The van der Waals surface area contributed by atoms with E-state index in [1.165, 1.54) is 0 Å². The van der Waals surface area contributed by atoms with Crippen LogP contribution >= 0.6 is 15.9 Å². The normalized spacial score (nSPS) is 49.1. The third-order valence-electron chi connectivity index (χ3n) is 2.37. The SMILES string of the molecule is O=C1C[C@@H]2[C@@H](F)[C@@H](C[C@@H]2Br)O1. The molecule has 1 aliphatic heterocycles. The van der Waals surface area contributed by atoms with E-state index in [-0.39, 0.29) is 23.1 Å². The van der Waals surface area contributed by atoms with E-state index in [1.54, 1.807) is 0 Å². The minimum absolute atomic E-state index is 0.119. The average Bonchev–Trinajstić information content (AvgIpc) is 2.17. The van der Waals surface area contributed by atoms with Gasteiger partial charge >= 0.3 is 5.97 Å².